The molecule has 1 aromatic rings. The Morgan fingerprint density at radius 3 is 2.62 bits per heavy atom. The fourth-order valence-corrected chi connectivity index (χ4v) is 1.29. The van der Waals surface area contributed by atoms with E-state index in [1.165, 1.54) is 0 Å². The molecule has 0 spiro atoms. The van der Waals surface area contributed by atoms with E-state index >= 15 is 0 Å². The van der Waals surface area contributed by atoms with Crippen LogP contribution in [0.15, 0.2) is 24.8 Å². The van der Waals surface area contributed by atoms with Crippen LogP contribution in [-0.2, 0) is 0 Å². The number of ether oxygens (including phenoxy) is 1. The fourth-order valence-electron chi connectivity index (χ4n) is 1.29. The highest BCUT2D eigenvalue weighted by molar-refractivity contribution is 5.74. The molecule has 1 aromatic carbocycles. The van der Waals surface area contributed by atoms with Crippen LogP contribution in [0.4, 0.5) is 5.69 Å². The van der Waals surface area contributed by atoms with Gasteiger partial charge in [0, 0.05) is 12.6 Å². The molecule has 0 aromatic heterocycles. The van der Waals surface area contributed by atoms with Crippen LogP contribution in [0.1, 0.15) is 12.5 Å². The first-order valence-corrected chi connectivity index (χ1v) is 4.21. The molecule has 2 heteroatoms. The minimum atomic E-state index is 0.859. The van der Waals surface area contributed by atoms with Gasteiger partial charge in [-0.15, -0.1) is 0 Å². The molecule has 1 N–H and O–H groups in total. The van der Waals surface area contributed by atoms with Crippen LogP contribution in [0.2, 0.25) is 0 Å². The molecule has 0 aliphatic rings. The summed E-state index contributed by atoms with van der Waals surface area (Å²) in [7, 11) is 3.54. The van der Waals surface area contributed by atoms with E-state index in [9.17, 15) is 0 Å². The summed E-state index contributed by atoms with van der Waals surface area (Å²) < 4.78 is 5.31. The fraction of sp³-hybridized carbons (Fsp3) is 0.273. The Hall–Kier alpha value is -1.44. The van der Waals surface area contributed by atoms with Crippen LogP contribution in [0, 0.1) is 0 Å². The quantitative estimate of drug-likeness (QED) is 0.766. The first kappa shape index (κ1) is 9.65. The van der Waals surface area contributed by atoms with E-state index in [1.54, 1.807) is 7.11 Å². The Bertz CT molecular complexity index is 318. The van der Waals surface area contributed by atoms with Crippen LogP contribution < -0.4 is 10.1 Å². The lowest BCUT2D eigenvalue weighted by molar-refractivity contribution is 0.415. The Morgan fingerprint density at radius 2 is 2.15 bits per heavy atom. The average Bonchev–Trinajstić information content (AvgIpc) is 2.16. The zero-order valence-electron chi connectivity index (χ0n) is 8.35. The maximum absolute atomic E-state index is 5.31. The molecule has 0 heterocycles. The highest BCUT2D eigenvalue weighted by atomic mass is 16.5. The summed E-state index contributed by atoms with van der Waals surface area (Å²) >= 11 is 0. The molecule has 13 heavy (non-hydrogen) atoms. The summed E-state index contributed by atoms with van der Waals surface area (Å²) in [6, 6.07) is 5.96. The second-order valence-corrected chi connectivity index (χ2v) is 2.92. The molecule has 1 rings (SSSR count). The lowest BCUT2D eigenvalue weighted by Crippen LogP contribution is -1.96. The van der Waals surface area contributed by atoms with E-state index in [4.69, 9.17) is 4.74 Å². The van der Waals surface area contributed by atoms with Gasteiger partial charge in [0.2, 0.25) is 0 Å². The van der Waals surface area contributed by atoms with Gasteiger partial charge in [0.1, 0.15) is 5.75 Å². The van der Waals surface area contributed by atoms with Gasteiger partial charge in [-0.1, -0.05) is 18.7 Å². The number of hydrogen-bond acceptors (Lipinski definition) is 2. The molecule has 2 nitrogen and oxygen atoms in total. The molecular weight excluding hydrogens is 162 g/mol. The smallest absolute Gasteiger partial charge is 0.149 e. The van der Waals surface area contributed by atoms with E-state index in [0.29, 0.717) is 0 Å². The van der Waals surface area contributed by atoms with Crippen molar-refractivity contribution < 1.29 is 4.74 Å². The predicted molar refractivity (Wildman–Crippen MR) is 57.2 cm³/mol. The van der Waals surface area contributed by atoms with Gasteiger partial charge in [-0.3, -0.25) is 0 Å². The van der Waals surface area contributed by atoms with Gasteiger partial charge in [-0.05, 0) is 18.6 Å². The first-order valence-electron chi connectivity index (χ1n) is 4.21. The lowest BCUT2D eigenvalue weighted by Gasteiger charge is -2.12. The highest BCUT2D eigenvalue weighted by Gasteiger charge is 2.07. The number of para-hydroxylation sites is 1. The minimum Gasteiger partial charge on any atom is -0.494 e. The third kappa shape index (κ3) is 1.83. The Balaban J connectivity index is 3.27. The Morgan fingerprint density at radius 1 is 1.46 bits per heavy atom. The molecule has 0 atom stereocenters. The number of nitrogens with one attached hydrogen (secondary N) is 1. The number of methoxy groups -OCH3 is 1. The molecule has 0 bridgehead atoms. The largest absolute Gasteiger partial charge is 0.494 e. The minimum absolute atomic E-state index is 0.859. The van der Waals surface area contributed by atoms with E-state index in [2.05, 4.69) is 11.9 Å². The number of hydrogen-bond donors (Lipinski definition) is 1. The van der Waals surface area contributed by atoms with Gasteiger partial charge < -0.3 is 10.1 Å². The monoisotopic (exact) mass is 177 g/mol. The SMILES string of the molecule is C=C(C)c1cccc(NC)c1OC. The van der Waals surface area contributed by atoms with Gasteiger partial charge >= 0.3 is 0 Å². The summed E-state index contributed by atoms with van der Waals surface area (Å²) in [5, 5.41) is 3.08. The zero-order chi connectivity index (χ0) is 9.84. The Kier molecular flexibility index (Phi) is 2.96. The van der Waals surface area contributed by atoms with Crippen molar-refractivity contribution in [3.63, 3.8) is 0 Å². The van der Waals surface area contributed by atoms with Gasteiger partial charge in [0.15, 0.2) is 0 Å². The molecule has 0 fully saturated rings. The van der Waals surface area contributed by atoms with E-state index < -0.39 is 0 Å². The van der Waals surface area contributed by atoms with Crippen molar-refractivity contribution >= 4 is 11.3 Å². The van der Waals surface area contributed by atoms with Crippen LogP contribution in [-0.4, -0.2) is 14.2 Å². The number of anilines is 1. The molecule has 70 valence electrons. The van der Waals surface area contributed by atoms with Crippen molar-refractivity contribution in [2.75, 3.05) is 19.5 Å². The summed E-state index contributed by atoms with van der Waals surface area (Å²) in [4.78, 5) is 0. The summed E-state index contributed by atoms with van der Waals surface area (Å²) in [5.41, 5.74) is 3.05. The van der Waals surface area contributed by atoms with Crippen molar-refractivity contribution in [2.45, 2.75) is 6.92 Å². The second kappa shape index (κ2) is 3.99. The van der Waals surface area contributed by atoms with Gasteiger partial charge in [-0.2, -0.15) is 0 Å². The summed E-state index contributed by atoms with van der Waals surface area (Å²) in [6.45, 7) is 5.87. The normalized spacial score (nSPS) is 9.46. The standard InChI is InChI=1S/C11H15NO/c1-8(2)9-6-5-7-10(12-3)11(9)13-4/h5-7,12H,1H2,2-4H3. The maximum Gasteiger partial charge on any atom is 0.149 e. The molecule has 0 aliphatic heterocycles. The van der Waals surface area contributed by atoms with Gasteiger partial charge in [0.05, 0.1) is 12.8 Å². The average molecular weight is 177 g/mol. The van der Waals surface area contributed by atoms with Crippen molar-refractivity contribution in [3.8, 4) is 5.75 Å². The zero-order valence-corrected chi connectivity index (χ0v) is 8.35. The van der Waals surface area contributed by atoms with E-state index in [1.807, 2.05) is 32.2 Å². The third-order valence-electron chi connectivity index (χ3n) is 1.95. The van der Waals surface area contributed by atoms with Crippen molar-refractivity contribution in [2.24, 2.45) is 0 Å². The number of rotatable bonds is 3. The van der Waals surface area contributed by atoms with Crippen LogP contribution in [0.25, 0.3) is 5.57 Å². The highest BCUT2D eigenvalue weighted by Crippen LogP contribution is 2.32. The van der Waals surface area contributed by atoms with Crippen molar-refractivity contribution in [1.82, 2.24) is 0 Å². The number of benzene rings is 1. The van der Waals surface area contributed by atoms with Crippen LogP contribution in [0.3, 0.4) is 0 Å². The molecule has 0 radical (unpaired) electrons. The third-order valence-corrected chi connectivity index (χ3v) is 1.95. The van der Waals surface area contributed by atoms with Gasteiger partial charge in [-0.25, -0.2) is 0 Å². The Labute approximate surface area is 79.2 Å². The lowest BCUT2D eigenvalue weighted by atomic mass is 10.1. The summed E-state index contributed by atoms with van der Waals surface area (Å²) in [6.07, 6.45) is 0. The summed E-state index contributed by atoms with van der Waals surface area (Å²) in [5.74, 6) is 0.859. The molecule has 0 aliphatic carbocycles. The van der Waals surface area contributed by atoms with Crippen molar-refractivity contribution in [3.05, 3.63) is 30.3 Å². The number of allylic oxidation sites excluding steroid dienone is 1. The van der Waals surface area contributed by atoms with Gasteiger partial charge in [0.25, 0.3) is 0 Å². The molecule has 0 saturated carbocycles. The van der Waals surface area contributed by atoms with E-state index in [0.717, 1.165) is 22.6 Å². The maximum atomic E-state index is 5.31. The molecular formula is C11H15NO. The second-order valence-electron chi connectivity index (χ2n) is 2.92. The van der Waals surface area contributed by atoms with Crippen LogP contribution in [0.5, 0.6) is 5.75 Å². The first-order chi connectivity index (χ1) is 6.20. The molecule has 0 amide bonds. The van der Waals surface area contributed by atoms with Crippen molar-refractivity contribution in [1.29, 1.82) is 0 Å². The molecule has 0 saturated heterocycles. The molecule has 0 unspecified atom stereocenters. The topological polar surface area (TPSA) is 21.3 Å². The predicted octanol–water partition coefficient (Wildman–Crippen LogP) is 2.77. The van der Waals surface area contributed by atoms with E-state index in [-0.39, 0.29) is 0 Å². The van der Waals surface area contributed by atoms with Crippen LogP contribution >= 0.6 is 0 Å².